The first kappa shape index (κ1) is 21.2. The van der Waals surface area contributed by atoms with Gasteiger partial charge in [-0.15, -0.1) is 0 Å². The molecule has 0 bridgehead atoms. The van der Waals surface area contributed by atoms with E-state index < -0.39 is 23.2 Å². The fourth-order valence-corrected chi connectivity index (χ4v) is 5.33. The summed E-state index contributed by atoms with van der Waals surface area (Å²) in [7, 11) is 0. The number of hydrogen-bond donors (Lipinski definition) is 1. The average Bonchev–Trinajstić information content (AvgIpc) is 3.15. The molecule has 34 heavy (non-hydrogen) atoms. The van der Waals surface area contributed by atoms with Crippen molar-refractivity contribution in [1.82, 2.24) is 5.32 Å². The lowest BCUT2D eigenvalue weighted by atomic mass is 9.89. The molecule has 1 N–H and O–H groups in total. The number of nitrogens with one attached hydrogen (secondary N) is 1. The topological polar surface area (TPSA) is 47.6 Å². The first-order valence-corrected chi connectivity index (χ1v) is 11.5. The zero-order valence-electron chi connectivity index (χ0n) is 18.3. The number of Topliss-reactive ketones (excluding diaryl/α,β-unsaturated/α-hetero) is 1. The number of benzene rings is 3. The van der Waals surface area contributed by atoms with Crippen molar-refractivity contribution in [2.24, 2.45) is 5.92 Å². The van der Waals surface area contributed by atoms with E-state index in [1.807, 2.05) is 0 Å². The summed E-state index contributed by atoms with van der Waals surface area (Å²) < 4.78 is 56.0. The molecule has 0 atom stereocenters. The van der Waals surface area contributed by atoms with Gasteiger partial charge in [-0.2, -0.15) is 0 Å². The fourth-order valence-electron chi connectivity index (χ4n) is 5.33. The minimum atomic E-state index is -1.53. The Balaban J connectivity index is 1.48. The molecule has 1 fully saturated rings. The molecule has 0 unspecified atom stereocenters. The van der Waals surface area contributed by atoms with Crippen LogP contribution in [-0.2, 0) is 18.6 Å². The predicted octanol–water partition coefficient (Wildman–Crippen LogP) is 5.06. The highest BCUT2D eigenvalue weighted by Crippen LogP contribution is 2.51. The lowest BCUT2D eigenvalue weighted by Gasteiger charge is -2.30. The summed E-state index contributed by atoms with van der Waals surface area (Å²) in [5.74, 6) is -3.14. The minimum absolute atomic E-state index is 0.0291. The van der Waals surface area contributed by atoms with E-state index in [0.29, 0.717) is 61.0 Å². The van der Waals surface area contributed by atoms with Crippen molar-refractivity contribution < 1.29 is 27.4 Å². The highest BCUT2D eigenvalue weighted by Gasteiger charge is 2.49. The van der Waals surface area contributed by atoms with Gasteiger partial charge in [0.05, 0.1) is 5.56 Å². The van der Waals surface area contributed by atoms with Gasteiger partial charge in [0, 0.05) is 23.1 Å². The number of rotatable bonds is 2. The molecule has 4 nitrogen and oxygen atoms in total. The third kappa shape index (κ3) is 3.29. The van der Waals surface area contributed by atoms with E-state index in [4.69, 9.17) is 9.47 Å². The maximum atomic E-state index is 15.1. The van der Waals surface area contributed by atoms with E-state index in [1.54, 1.807) is 12.1 Å². The van der Waals surface area contributed by atoms with E-state index in [-0.39, 0.29) is 28.8 Å². The summed E-state index contributed by atoms with van der Waals surface area (Å²) in [5, 5.41) is 3.20. The number of carbonyl (C=O) groups excluding carboxylic acids is 1. The van der Waals surface area contributed by atoms with Gasteiger partial charge in [-0.05, 0) is 92.4 Å². The van der Waals surface area contributed by atoms with Gasteiger partial charge in [0.25, 0.3) is 0 Å². The monoisotopic (exact) mass is 465 g/mol. The van der Waals surface area contributed by atoms with Crippen LogP contribution in [0, 0.1) is 23.4 Å². The van der Waals surface area contributed by atoms with Gasteiger partial charge in [-0.25, -0.2) is 13.2 Å². The van der Waals surface area contributed by atoms with Gasteiger partial charge < -0.3 is 14.8 Å². The predicted molar refractivity (Wildman–Crippen MR) is 119 cm³/mol. The van der Waals surface area contributed by atoms with Crippen LogP contribution in [0.1, 0.15) is 45.5 Å². The van der Waals surface area contributed by atoms with E-state index in [0.717, 1.165) is 0 Å². The van der Waals surface area contributed by atoms with Gasteiger partial charge >= 0.3 is 5.79 Å². The van der Waals surface area contributed by atoms with Crippen molar-refractivity contribution in [1.29, 1.82) is 0 Å². The summed E-state index contributed by atoms with van der Waals surface area (Å²) in [6.45, 7) is 1.43. The van der Waals surface area contributed by atoms with Crippen LogP contribution in [0.25, 0.3) is 0 Å². The SMILES string of the molecule is O=C(c1cc2c(cc1F)OC1(O2)c2ccc(F)cc2CCc2cc(F)ccc21)C1CCNCC1. The van der Waals surface area contributed by atoms with Crippen molar-refractivity contribution in [2.75, 3.05) is 13.1 Å². The number of halogens is 3. The Morgan fingerprint density at radius 2 is 1.38 bits per heavy atom. The molecule has 3 aromatic carbocycles. The van der Waals surface area contributed by atoms with Crippen LogP contribution in [0.2, 0.25) is 0 Å². The van der Waals surface area contributed by atoms with Crippen molar-refractivity contribution in [3.63, 3.8) is 0 Å². The number of piperidine rings is 1. The van der Waals surface area contributed by atoms with Gasteiger partial charge in [0.15, 0.2) is 17.3 Å². The van der Waals surface area contributed by atoms with Gasteiger partial charge in [0.1, 0.15) is 17.5 Å². The van der Waals surface area contributed by atoms with Crippen molar-refractivity contribution >= 4 is 5.78 Å². The van der Waals surface area contributed by atoms with Crippen LogP contribution in [-0.4, -0.2) is 18.9 Å². The molecule has 174 valence electrons. The van der Waals surface area contributed by atoms with Crippen LogP contribution in [0.3, 0.4) is 0 Å². The molecule has 0 saturated carbocycles. The maximum absolute atomic E-state index is 15.1. The number of carbonyl (C=O) groups is 1. The second-order valence-electron chi connectivity index (χ2n) is 9.09. The summed E-state index contributed by atoms with van der Waals surface area (Å²) in [5.41, 5.74) is 2.44. The molecule has 1 spiro atoms. The van der Waals surface area contributed by atoms with Gasteiger partial charge in [-0.1, -0.05) is 0 Å². The first-order chi connectivity index (χ1) is 16.4. The first-order valence-electron chi connectivity index (χ1n) is 11.5. The molecule has 0 amide bonds. The van der Waals surface area contributed by atoms with Crippen molar-refractivity contribution in [2.45, 2.75) is 31.5 Å². The van der Waals surface area contributed by atoms with E-state index in [1.165, 1.54) is 36.4 Å². The van der Waals surface area contributed by atoms with Crippen molar-refractivity contribution in [3.05, 3.63) is 93.8 Å². The Hall–Kier alpha value is -3.32. The molecule has 2 aliphatic heterocycles. The largest absolute Gasteiger partial charge is 0.440 e. The molecule has 7 heteroatoms. The van der Waals surface area contributed by atoms with Crippen LogP contribution >= 0.6 is 0 Å². The molecule has 0 aromatic heterocycles. The minimum Gasteiger partial charge on any atom is -0.440 e. The second-order valence-corrected chi connectivity index (χ2v) is 9.09. The maximum Gasteiger partial charge on any atom is 0.306 e. The van der Waals surface area contributed by atoms with Crippen LogP contribution in [0.5, 0.6) is 11.5 Å². The Bertz CT molecular complexity index is 1260. The molecule has 0 radical (unpaired) electrons. The number of fused-ring (bicyclic) bond motifs is 5. The zero-order valence-corrected chi connectivity index (χ0v) is 18.3. The Kier molecular flexibility index (Phi) is 4.92. The summed E-state index contributed by atoms with van der Waals surface area (Å²) in [6.07, 6.45) is 2.22. The fraction of sp³-hybridized carbons (Fsp3) is 0.296. The summed E-state index contributed by atoms with van der Waals surface area (Å²) in [4.78, 5) is 13.1. The average molecular weight is 465 g/mol. The van der Waals surface area contributed by atoms with Crippen LogP contribution < -0.4 is 14.8 Å². The Labute approximate surface area is 194 Å². The molecule has 6 rings (SSSR count). The highest BCUT2D eigenvalue weighted by atomic mass is 19.1. The second kappa shape index (κ2) is 7.87. The van der Waals surface area contributed by atoms with Crippen molar-refractivity contribution in [3.8, 4) is 11.5 Å². The van der Waals surface area contributed by atoms with Crippen LogP contribution in [0.15, 0.2) is 48.5 Å². The molecule has 3 aromatic rings. The molecule has 1 saturated heterocycles. The molecule has 2 heterocycles. The van der Waals surface area contributed by atoms with Gasteiger partial charge in [-0.3, -0.25) is 4.79 Å². The molecular weight excluding hydrogens is 443 g/mol. The third-order valence-electron chi connectivity index (χ3n) is 7.02. The zero-order chi connectivity index (χ0) is 23.4. The molecular formula is C27H22F3NO3. The summed E-state index contributed by atoms with van der Waals surface area (Å²) >= 11 is 0. The highest BCUT2D eigenvalue weighted by molar-refractivity contribution is 5.98. The number of hydrogen-bond acceptors (Lipinski definition) is 4. The van der Waals surface area contributed by atoms with E-state index in [9.17, 15) is 13.6 Å². The quantitative estimate of drug-likeness (QED) is 0.538. The molecule has 1 aliphatic carbocycles. The van der Waals surface area contributed by atoms with Crippen LogP contribution in [0.4, 0.5) is 13.2 Å². The standard InChI is InChI=1S/C27H22F3NO3/c28-18-3-5-21-16(11-18)1-2-17-12-19(29)4-6-22(17)27(21)33-24-13-20(23(30)14-25(24)34-27)26(32)15-7-9-31-10-8-15/h3-6,11-15,31H,1-2,7-10H2. The number of ketones is 1. The van der Waals surface area contributed by atoms with Gasteiger partial charge in [0.2, 0.25) is 0 Å². The normalized spacial score (nSPS) is 18.3. The van der Waals surface area contributed by atoms with E-state index >= 15 is 4.39 Å². The Morgan fingerprint density at radius 1 is 0.824 bits per heavy atom. The lowest BCUT2D eigenvalue weighted by molar-refractivity contribution is -0.0465. The lowest BCUT2D eigenvalue weighted by Crippen LogP contribution is -2.38. The number of aryl methyl sites for hydroxylation is 2. The third-order valence-corrected chi connectivity index (χ3v) is 7.02. The summed E-state index contributed by atoms with van der Waals surface area (Å²) in [6, 6.07) is 11.2. The Morgan fingerprint density at radius 3 is 1.97 bits per heavy atom. The van der Waals surface area contributed by atoms with E-state index in [2.05, 4.69) is 5.32 Å². The molecule has 3 aliphatic rings. The smallest absolute Gasteiger partial charge is 0.306 e. The number of ether oxygens (including phenoxy) is 2.